The van der Waals surface area contributed by atoms with Crippen molar-refractivity contribution in [1.82, 2.24) is 0 Å². The zero-order chi connectivity index (χ0) is 12.5. The van der Waals surface area contributed by atoms with E-state index >= 15 is 0 Å². The first-order valence-electron chi connectivity index (χ1n) is 6.36. The molecular weight excluding hydrogens is 208 g/mol. The van der Waals surface area contributed by atoms with Crippen molar-refractivity contribution >= 4 is 6.08 Å². The molecule has 92 valence electrons. The second kappa shape index (κ2) is 4.66. The second-order valence-electron chi connectivity index (χ2n) is 6.04. The predicted octanol–water partition coefficient (Wildman–Crippen LogP) is 4.15. The SMILES string of the molecule is C[C@@H]1CO[C@@H](C(C)(C)C)/C1=C/c1ccccc1. The molecule has 0 saturated carbocycles. The highest BCUT2D eigenvalue weighted by molar-refractivity contribution is 5.55. The maximum atomic E-state index is 5.95. The predicted molar refractivity (Wildman–Crippen MR) is 72.8 cm³/mol. The van der Waals surface area contributed by atoms with Gasteiger partial charge >= 0.3 is 0 Å². The van der Waals surface area contributed by atoms with Crippen molar-refractivity contribution < 1.29 is 4.74 Å². The maximum Gasteiger partial charge on any atom is 0.0840 e. The van der Waals surface area contributed by atoms with Gasteiger partial charge in [0, 0.05) is 5.92 Å². The topological polar surface area (TPSA) is 9.23 Å². The van der Waals surface area contributed by atoms with E-state index in [1.54, 1.807) is 0 Å². The van der Waals surface area contributed by atoms with Crippen LogP contribution in [0, 0.1) is 11.3 Å². The Balaban J connectivity index is 2.31. The molecule has 0 unspecified atom stereocenters. The van der Waals surface area contributed by atoms with Gasteiger partial charge in [-0.3, -0.25) is 0 Å². The molecule has 0 spiro atoms. The summed E-state index contributed by atoms with van der Waals surface area (Å²) in [4.78, 5) is 0. The van der Waals surface area contributed by atoms with Gasteiger partial charge in [0.15, 0.2) is 0 Å². The molecule has 1 aromatic carbocycles. The molecule has 0 radical (unpaired) electrons. The quantitative estimate of drug-likeness (QED) is 0.704. The second-order valence-corrected chi connectivity index (χ2v) is 6.04. The van der Waals surface area contributed by atoms with Gasteiger partial charge in [-0.25, -0.2) is 0 Å². The standard InChI is InChI=1S/C16H22O/c1-12-11-17-15(16(2,3)4)14(12)10-13-8-6-5-7-9-13/h5-10,12,15H,11H2,1-4H3/b14-10+/t12-,15-/m1/s1. The van der Waals surface area contributed by atoms with Crippen LogP contribution in [-0.4, -0.2) is 12.7 Å². The first-order chi connectivity index (χ1) is 7.98. The molecule has 0 amide bonds. The van der Waals surface area contributed by atoms with Gasteiger partial charge in [0.05, 0.1) is 12.7 Å². The lowest BCUT2D eigenvalue weighted by molar-refractivity contribution is 0.0425. The fourth-order valence-electron chi connectivity index (χ4n) is 2.40. The lowest BCUT2D eigenvalue weighted by atomic mass is 9.81. The van der Waals surface area contributed by atoms with Gasteiger partial charge in [-0.15, -0.1) is 0 Å². The lowest BCUT2D eigenvalue weighted by Crippen LogP contribution is -2.27. The van der Waals surface area contributed by atoms with Crippen LogP contribution in [0.15, 0.2) is 35.9 Å². The van der Waals surface area contributed by atoms with Crippen molar-refractivity contribution in [2.45, 2.75) is 33.8 Å². The summed E-state index contributed by atoms with van der Waals surface area (Å²) in [7, 11) is 0. The number of hydrogen-bond acceptors (Lipinski definition) is 1. The summed E-state index contributed by atoms with van der Waals surface area (Å²) < 4.78 is 5.95. The fourth-order valence-corrected chi connectivity index (χ4v) is 2.40. The summed E-state index contributed by atoms with van der Waals surface area (Å²) in [5.41, 5.74) is 2.88. The van der Waals surface area contributed by atoms with Gasteiger partial charge in [-0.1, -0.05) is 64.1 Å². The van der Waals surface area contributed by atoms with Gasteiger partial charge < -0.3 is 4.74 Å². The van der Waals surface area contributed by atoms with Crippen molar-refractivity contribution in [1.29, 1.82) is 0 Å². The van der Waals surface area contributed by atoms with E-state index in [-0.39, 0.29) is 11.5 Å². The van der Waals surface area contributed by atoms with Gasteiger partial charge in [0.1, 0.15) is 0 Å². The Labute approximate surface area is 104 Å². The van der Waals surface area contributed by atoms with Crippen molar-refractivity contribution in [3.63, 3.8) is 0 Å². The Hall–Kier alpha value is -1.08. The third-order valence-electron chi connectivity index (χ3n) is 3.30. The highest BCUT2D eigenvalue weighted by Gasteiger charge is 2.36. The minimum Gasteiger partial charge on any atom is -0.373 e. The van der Waals surface area contributed by atoms with Crippen molar-refractivity contribution in [3.05, 3.63) is 41.5 Å². The largest absolute Gasteiger partial charge is 0.373 e. The highest BCUT2D eigenvalue weighted by atomic mass is 16.5. The Bertz CT molecular complexity index is 397. The molecule has 1 fully saturated rings. The number of hydrogen-bond donors (Lipinski definition) is 0. The minimum absolute atomic E-state index is 0.172. The van der Waals surface area contributed by atoms with E-state index in [1.807, 2.05) is 0 Å². The van der Waals surface area contributed by atoms with E-state index in [0.717, 1.165) is 6.61 Å². The van der Waals surface area contributed by atoms with Crippen molar-refractivity contribution in [3.8, 4) is 0 Å². The Morgan fingerprint density at radius 3 is 2.41 bits per heavy atom. The normalized spacial score (nSPS) is 27.6. The summed E-state index contributed by atoms with van der Waals surface area (Å²) in [6, 6.07) is 10.5. The molecule has 1 heterocycles. The number of ether oxygens (including phenoxy) is 1. The van der Waals surface area contributed by atoms with Crippen LogP contribution in [0.1, 0.15) is 33.3 Å². The van der Waals surface area contributed by atoms with Crippen LogP contribution in [0.5, 0.6) is 0 Å². The van der Waals surface area contributed by atoms with E-state index in [2.05, 4.69) is 64.1 Å². The number of rotatable bonds is 1. The molecule has 1 aromatic rings. The molecule has 1 nitrogen and oxygen atoms in total. The first-order valence-corrected chi connectivity index (χ1v) is 6.36. The van der Waals surface area contributed by atoms with Crippen molar-refractivity contribution in [2.75, 3.05) is 6.61 Å². The van der Waals surface area contributed by atoms with Crippen LogP contribution in [0.2, 0.25) is 0 Å². The Kier molecular flexibility index (Phi) is 3.39. The first kappa shape index (κ1) is 12.4. The average Bonchev–Trinajstić information content (AvgIpc) is 2.62. The van der Waals surface area contributed by atoms with Crippen LogP contribution in [-0.2, 0) is 4.74 Å². The molecule has 1 aliphatic rings. The lowest BCUT2D eigenvalue weighted by Gasteiger charge is -2.27. The summed E-state index contributed by atoms with van der Waals surface area (Å²) in [5, 5.41) is 0. The third-order valence-corrected chi connectivity index (χ3v) is 3.30. The summed E-state index contributed by atoms with van der Waals surface area (Å²) in [6.07, 6.45) is 2.55. The number of benzene rings is 1. The molecule has 1 aliphatic heterocycles. The third kappa shape index (κ3) is 2.78. The van der Waals surface area contributed by atoms with Crippen LogP contribution < -0.4 is 0 Å². The van der Waals surface area contributed by atoms with E-state index < -0.39 is 0 Å². The van der Waals surface area contributed by atoms with Crippen LogP contribution in [0.25, 0.3) is 6.08 Å². The Morgan fingerprint density at radius 1 is 1.18 bits per heavy atom. The van der Waals surface area contributed by atoms with E-state index in [1.165, 1.54) is 11.1 Å². The van der Waals surface area contributed by atoms with Crippen LogP contribution in [0.3, 0.4) is 0 Å². The molecular formula is C16H22O. The van der Waals surface area contributed by atoms with Gasteiger partial charge in [0.2, 0.25) is 0 Å². The molecule has 2 rings (SSSR count). The molecule has 2 atom stereocenters. The molecule has 0 bridgehead atoms. The highest BCUT2D eigenvalue weighted by Crippen LogP contribution is 2.38. The fraction of sp³-hybridized carbons (Fsp3) is 0.500. The monoisotopic (exact) mass is 230 g/mol. The average molecular weight is 230 g/mol. The minimum atomic E-state index is 0.172. The van der Waals surface area contributed by atoms with E-state index in [0.29, 0.717) is 5.92 Å². The zero-order valence-electron chi connectivity index (χ0n) is 11.2. The van der Waals surface area contributed by atoms with Gasteiger partial charge in [-0.05, 0) is 16.6 Å². The summed E-state index contributed by atoms with van der Waals surface area (Å²) in [5.74, 6) is 0.527. The summed E-state index contributed by atoms with van der Waals surface area (Å²) >= 11 is 0. The van der Waals surface area contributed by atoms with Crippen molar-refractivity contribution in [2.24, 2.45) is 11.3 Å². The summed E-state index contributed by atoms with van der Waals surface area (Å²) in [6.45, 7) is 9.83. The van der Waals surface area contributed by atoms with Crippen LogP contribution in [0.4, 0.5) is 0 Å². The zero-order valence-corrected chi connectivity index (χ0v) is 11.2. The van der Waals surface area contributed by atoms with E-state index in [4.69, 9.17) is 4.74 Å². The van der Waals surface area contributed by atoms with Gasteiger partial charge in [-0.2, -0.15) is 0 Å². The molecule has 0 aliphatic carbocycles. The molecule has 0 N–H and O–H groups in total. The van der Waals surface area contributed by atoms with E-state index in [9.17, 15) is 0 Å². The molecule has 1 heteroatoms. The maximum absolute atomic E-state index is 5.95. The molecule has 17 heavy (non-hydrogen) atoms. The molecule has 0 aromatic heterocycles. The van der Waals surface area contributed by atoms with Crippen LogP contribution >= 0.6 is 0 Å². The Morgan fingerprint density at radius 2 is 1.82 bits per heavy atom. The molecule has 1 saturated heterocycles. The van der Waals surface area contributed by atoms with Gasteiger partial charge in [0.25, 0.3) is 0 Å². The smallest absolute Gasteiger partial charge is 0.0840 e.